The molecule has 0 atom stereocenters. The molecule has 1 aromatic rings. The van der Waals surface area contributed by atoms with Crippen molar-refractivity contribution in [2.45, 2.75) is 26.4 Å². The smallest absolute Gasteiger partial charge is 0.0991 e. The van der Waals surface area contributed by atoms with E-state index in [1.807, 2.05) is 18.2 Å². The lowest BCUT2D eigenvalue weighted by Crippen LogP contribution is -2.05. The maximum atomic E-state index is 8.74. The Hall–Kier alpha value is -1.37. The van der Waals surface area contributed by atoms with E-state index < -0.39 is 0 Å². The highest BCUT2D eigenvalue weighted by atomic mass is 16.5. The molecule has 0 aromatic heterocycles. The van der Waals surface area contributed by atoms with Crippen LogP contribution in [-0.4, -0.2) is 19.8 Å². The molecule has 3 heteroatoms. The fourth-order valence-electron chi connectivity index (χ4n) is 1.39. The first-order valence-electron chi connectivity index (χ1n) is 6.01. The predicted molar refractivity (Wildman–Crippen MR) is 66.5 cm³/mol. The van der Waals surface area contributed by atoms with Gasteiger partial charge in [0.1, 0.15) is 0 Å². The number of rotatable bonds is 8. The fourth-order valence-corrected chi connectivity index (χ4v) is 1.39. The first-order valence-corrected chi connectivity index (χ1v) is 6.01. The summed E-state index contributed by atoms with van der Waals surface area (Å²) in [6.45, 7) is 4.72. The quantitative estimate of drug-likeness (QED) is 0.648. The number of nitrogens with zero attached hydrogens (tertiary/aromatic N) is 1. The van der Waals surface area contributed by atoms with Crippen molar-refractivity contribution in [1.82, 2.24) is 0 Å². The van der Waals surface area contributed by atoms with Gasteiger partial charge in [0.2, 0.25) is 0 Å². The summed E-state index contributed by atoms with van der Waals surface area (Å²) >= 11 is 0. The molecule has 0 amide bonds. The largest absolute Gasteiger partial charge is 0.379 e. The molecule has 0 saturated heterocycles. The standard InChI is InChI=1S/C14H19NO2/c1-2-3-7-16-8-9-17-12-14-6-4-5-13(10-14)11-15/h4-6,10H,2-3,7-9,12H2,1H3. The molecule has 1 rings (SSSR count). The molecule has 0 radical (unpaired) electrons. The van der Waals surface area contributed by atoms with Crippen molar-refractivity contribution in [2.24, 2.45) is 0 Å². The highest BCUT2D eigenvalue weighted by molar-refractivity contribution is 5.32. The van der Waals surface area contributed by atoms with Gasteiger partial charge in [-0.3, -0.25) is 0 Å². The van der Waals surface area contributed by atoms with Gasteiger partial charge in [-0.2, -0.15) is 5.26 Å². The number of hydrogen-bond donors (Lipinski definition) is 0. The number of nitriles is 1. The van der Waals surface area contributed by atoms with Crippen molar-refractivity contribution in [3.8, 4) is 6.07 Å². The third-order valence-electron chi connectivity index (χ3n) is 2.34. The average molecular weight is 233 g/mol. The number of benzene rings is 1. The minimum atomic E-state index is 0.534. The Kier molecular flexibility index (Phi) is 7.04. The second kappa shape index (κ2) is 8.74. The zero-order valence-electron chi connectivity index (χ0n) is 10.3. The van der Waals surface area contributed by atoms with Crippen LogP contribution < -0.4 is 0 Å². The molecule has 0 N–H and O–H groups in total. The van der Waals surface area contributed by atoms with E-state index in [-0.39, 0.29) is 0 Å². The van der Waals surface area contributed by atoms with Crippen LogP contribution in [0.1, 0.15) is 30.9 Å². The van der Waals surface area contributed by atoms with Crippen LogP contribution in [0.2, 0.25) is 0 Å². The summed E-state index contributed by atoms with van der Waals surface area (Å²) in [5, 5.41) is 8.74. The maximum absolute atomic E-state index is 8.74. The molecule has 0 fully saturated rings. The Morgan fingerprint density at radius 3 is 2.76 bits per heavy atom. The first-order chi connectivity index (χ1) is 8.36. The molecule has 3 nitrogen and oxygen atoms in total. The summed E-state index contributed by atoms with van der Waals surface area (Å²) in [5.74, 6) is 0. The highest BCUT2D eigenvalue weighted by Gasteiger charge is 1.95. The third kappa shape index (κ3) is 6.06. The second-order valence-corrected chi connectivity index (χ2v) is 3.83. The molecule has 92 valence electrons. The normalized spacial score (nSPS) is 10.1. The van der Waals surface area contributed by atoms with Gasteiger partial charge in [0, 0.05) is 6.61 Å². The van der Waals surface area contributed by atoms with Crippen molar-refractivity contribution in [2.75, 3.05) is 19.8 Å². The molecule has 0 aliphatic heterocycles. The summed E-state index contributed by atoms with van der Waals surface area (Å²) in [4.78, 5) is 0. The minimum Gasteiger partial charge on any atom is -0.379 e. The fraction of sp³-hybridized carbons (Fsp3) is 0.500. The van der Waals surface area contributed by atoms with Crippen molar-refractivity contribution in [3.63, 3.8) is 0 Å². The first kappa shape index (κ1) is 13.7. The topological polar surface area (TPSA) is 42.2 Å². The van der Waals surface area contributed by atoms with Crippen molar-refractivity contribution >= 4 is 0 Å². The predicted octanol–water partition coefficient (Wildman–Crippen LogP) is 2.89. The molecule has 0 aliphatic carbocycles. The highest BCUT2D eigenvalue weighted by Crippen LogP contribution is 2.05. The van der Waals surface area contributed by atoms with Gasteiger partial charge in [-0.05, 0) is 24.1 Å². The molecule has 0 heterocycles. The van der Waals surface area contributed by atoms with E-state index in [4.69, 9.17) is 14.7 Å². The van der Waals surface area contributed by atoms with Crippen molar-refractivity contribution in [3.05, 3.63) is 35.4 Å². The molecular weight excluding hydrogens is 214 g/mol. The van der Waals surface area contributed by atoms with Crippen molar-refractivity contribution in [1.29, 1.82) is 5.26 Å². The van der Waals surface area contributed by atoms with Crippen LogP contribution in [0.3, 0.4) is 0 Å². The Bertz CT molecular complexity index is 357. The Balaban J connectivity index is 2.12. The Labute approximate surface area is 103 Å². The van der Waals surface area contributed by atoms with E-state index in [0.717, 1.165) is 25.0 Å². The average Bonchev–Trinajstić information content (AvgIpc) is 2.38. The van der Waals surface area contributed by atoms with Crippen LogP contribution in [0, 0.1) is 11.3 Å². The SMILES string of the molecule is CCCCOCCOCc1cccc(C#N)c1. The van der Waals surface area contributed by atoms with Gasteiger partial charge >= 0.3 is 0 Å². The van der Waals surface area contributed by atoms with Gasteiger partial charge in [0.05, 0.1) is 31.5 Å². The van der Waals surface area contributed by atoms with E-state index in [2.05, 4.69) is 13.0 Å². The summed E-state index contributed by atoms with van der Waals surface area (Å²) in [7, 11) is 0. The van der Waals surface area contributed by atoms with Gasteiger partial charge in [-0.1, -0.05) is 25.5 Å². The van der Waals surface area contributed by atoms with Crippen LogP contribution in [0.25, 0.3) is 0 Å². The number of unbranched alkanes of at least 4 members (excludes halogenated alkanes) is 1. The van der Waals surface area contributed by atoms with Gasteiger partial charge in [0.15, 0.2) is 0 Å². The molecule has 1 aromatic carbocycles. The van der Waals surface area contributed by atoms with E-state index in [1.54, 1.807) is 6.07 Å². The number of hydrogen-bond acceptors (Lipinski definition) is 3. The molecule has 0 spiro atoms. The van der Waals surface area contributed by atoms with Crippen molar-refractivity contribution < 1.29 is 9.47 Å². The Morgan fingerprint density at radius 2 is 2.00 bits per heavy atom. The van der Waals surface area contributed by atoms with Gasteiger partial charge in [-0.25, -0.2) is 0 Å². The second-order valence-electron chi connectivity index (χ2n) is 3.83. The monoisotopic (exact) mass is 233 g/mol. The third-order valence-corrected chi connectivity index (χ3v) is 2.34. The van der Waals surface area contributed by atoms with Crippen LogP contribution in [0.15, 0.2) is 24.3 Å². The lowest BCUT2D eigenvalue weighted by atomic mass is 10.1. The summed E-state index contributed by atoms with van der Waals surface area (Å²) in [5.41, 5.74) is 1.70. The van der Waals surface area contributed by atoms with E-state index in [0.29, 0.717) is 25.4 Å². The van der Waals surface area contributed by atoms with E-state index in [9.17, 15) is 0 Å². The Morgan fingerprint density at radius 1 is 1.18 bits per heavy atom. The maximum Gasteiger partial charge on any atom is 0.0991 e. The van der Waals surface area contributed by atoms with Gasteiger partial charge in [-0.15, -0.1) is 0 Å². The molecule has 0 saturated carbocycles. The number of ether oxygens (including phenoxy) is 2. The molecule has 0 unspecified atom stereocenters. The lowest BCUT2D eigenvalue weighted by Gasteiger charge is -2.05. The zero-order valence-corrected chi connectivity index (χ0v) is 10.3. The van der Waals surface area contributed by atoms with Crippen LogP contribution in [-0.2, 0) is 16.1 Å². The summed E-state index contributed by atoms with van der Waals surface area (Å²) < 4.78 is 10.8. The van der Waals surface area contributed by atoms with Gasteiger partial charge in [0.25, 0.3) is 0 Å². The summed E-state index contributed by atoms with van der Waals surface area (Å²) in [6, 6.07) is 9.57. The molecule has 0 bridgehead atoms. The van der Waals surface area contributed by atoms with Gasteiger partial charge < -0.3 is 9.47 Å². The lowest BCUT2D eigenvalue weighted by molar-refractivity contribution is 0.0397. The van der Waals surface area contributed by atoms with Crippen LogP contribution in [0.4, 0.5) is 0 Å². The van der Waals surface area contributed by atoms with Crippen LogP contribution in [0.5, 0.6) is 0 Å². The molecular formula is C14H19NO2. The summed E-state index contributed by atoms with van der Waals surface area (Å²) in [6.07, 6.45) is 2.26. The van der Waals surface area contributed by atoms with E-state index >= 15 is 0 Å². The zero-order chi connectivity index (χ0) is 12.3. The van der Waals surface area contributed by atoms with Crippen LogP contribution >= 0.6 is 0 Å². The minimum absolute atomic E-state index is 0.534. The van der Waals surface area contributed by atoms with E-state index in [1.165, 1.54) is 0 Å². The molecule has 17 heavy (non-hydrogen) atoms. The molecule has 0 aliphatic rings.